The van der Waals surface area contributed by atoms with Crippen molar-refractivity contribution in [1.29, 1.82) is 0 Å². The molecule has 17 heavy (non-hydrogen) atoms. The van der Waals surface area contributed by atoms with Crippen LogP contribution < -0.4 is 5.32 Å². The molecule has 1 aromatic rings. The van der Waals surface area contributed by atoms with E-state index in [1.807, 2.05) is 6.20 Å². The number of aromatic amines is 1. The fourth-order valence-corrected chi connectivity index (χ4v) is 2.55. The molecular formula is C13H24N4. The molecule has 96 valence electrons. The monoisotopic (exact) mass is 236 g/mol. The predicted octanol–water partition coefficient (Wildman–Crippen LogP) is 1.62. The third kappa shape index (κ3) is 3.82. The summed E-state index contributed by atoms with van der Waals surface area (Å²) in [4.78, 5) is 9.92. The van der Waals surface area contributed by atoms with E-state index in [0.717, 1.165) is 24.8 Å². The Balaban J connectivity index is 1.68. The van der Waals surface area contributed by atoms with Crippen LogP contribution in [0.4, 0.5) is 0 Å². The summed E-state index contributed by atoms with van der Waals surface area (Å²) in [6, 6.07) is 0.618. The summed E-state index contributed by atoms with van der Waals surface area (Å²) < 4.78 is 0. The van der Waals surface area contributed by atoms with Gasteiger partial charge in [0.05, 0.1) is 6.54 Å². The number of aromatic nitrogens is 2. The Bertz CT molecular complexity index is 309. The van der Waals surface area contributed by atoms with Gasteiger partial charge in [0.1, 0.15) is 5.82 Å². The summed E-state index contributed by atoms with van der Waals surface area (Å²) in [5, 5.41) is 3.46. The van der Waals surface area contributed by atoms with E-state index in [1.165, 1.54) is 25.9 Å². The van der Waals surface area contributed by atoms with Crippen LogP contribution in [0.25, 0.3) is 0 Å². The molecule has 0 bridgehead atoms. The van der Waals surface area contributed by atoms with Gasteiger partial charge in [0.2, 0.25) is 0 Å². The van der Waals surface area contributed by atoms with Crippen molar-refractivity contribution in [1.82, 2.24) is 20.2 Å². The molecule has 2 heterocycles. The van der Waals surface area contributed by atoms with Gasteiger partial charge in [-0.25, -0.2) is 4.98 Å². The molecule has 0 aliphatic carbocycles. The van der Waals surface area contributed by atoms with Gasteiger partial charge in [-0.2, -0.15) is 0 Å². The zero-order valence-electron chi connectivity index (χ0n) is 10.9. The van der Waals surface area contributed by atoms with Gasteiger partial charge in [0.25, 0.3) is 0 Å². The molecule has 1 saturated heterocycles. The minimum Gasteiger partial charge on any atom is -0.348 e. The van der Waals surface area contributed by atoms with Gasteiger partial charge in [-0.1, -0.05) is 6.92 Å². The molecule has 2 unspecified atom stereocenters. The van der Waals surface area contributed by atoms with Crippen molar-refractivity contribution in [3.05, 3.63) is 18.2 Å². The van der Waals surface area contributed by atoms with Gasteiger partial charge in [0, 0.05) is 31.5 Å². The van der Waals surface area contributed by atoms with E-state index in [9.17, 15) is 0 Å². The molecular weight excluding hydrogens is 212 g/mol. The SMILES string of the molecule is CC1CCCN(C(C)CNCc2ncc[nH]2)C1. The highest BCUT2D eigenvalue weighted by molar-refractivity contribution is 4.86. The molecule has 2 rings (SSSR count). The van der Waals surface area contributed by atoms with Gasteiger partial charge in [0.15, 0.2) is 0 Å². The van der Waals surface area contributed by atoms with E-state index in [-0.39, 0.29) is 0 Å². The van der Waals surface area contributed by atoms with Crippen molar-refractivity contribution in [3.8, 4) is 0 Å². The highest BCUT2D eigenvalue weighted by Crippen LogP contribution is 2.17. The standard InChI is InChI=1S/C13H24N4/c1-11-4-3-7-17(10-11)12(2)8-14-9-13-15-5-6-16-13/h5-6,11-12,14H,3-4,7-10H2,1-2H3,(H,15,16). The van der Waals surface area contributed by atoms with Crippen LogP contribution in [0.3, 0.4) is 0 Å². The largest absolute Gasteiger partial charge is 0.348 e. The van der Waals surface area contributed by atoms with E-state index >= 15 is 0 Å². The van der Waals surface area contributed by atoms with E-state index in [1.54, 1.807) is 6.20 Å². The minimum atomic E-state index is 0.618. The Morgan fingerprint density at radius 3 is 3.24 bits per heavy atom. The Kier molecular flexibility index (Phi) is 4.57. The molecule has 1 aliphatic heterocycles. The van der Waals surface area contributed by atoms with Gasteiger partial charge in [-0.05, 0) is 32.2 Å². The molecule has 0 radical (unpaired) electrons. The van der Waals surface area contributed by atoms with E-state index < -0.39 is 0 Å². The van der Waals surface area contributed by atoms with Gasteiger partial charge in [-0.3, -0.25) is 4.90 Å². The summed E-state index contributed by atoms with van der Waals surface area (Å²) >= 11 is 0. The molecule has 2 N–H and O–H groups in total. The molecule has 1 aliphatic rings. The average molecular weight is 236 g/mol. The third-order valence-corrected chi connectivity index (χ3v) is 3.60. The first kappa shape index (κ1) is 12.6. The van der Waals surface area contributed by atoms with Gasteiger partial charge >= 0.3 is 0 Å². The van der Waals surface area contributed by atoms with Crippen molar-refractivity contribution in [2.24, 2.45) is 5.92 Å². The number of piperidine rings is 1. The van der Waals surface area contributed by atoms with Crippen molar-refractivity contribution < 1.29 is 0 Å². The number of nitrogens with one attached hydrogen (secondary N) is 2. The second-order valence-corrected chi connectivity index (χ2v) is 5.26. The summed E-state index contributed by atoms with van der Waals surface area (Å²) in [6.45, 7) is 9.05. The van der Waals surface area contributed by atoms with Crippen LogP contribution in [-0.4, -0.2) is 40.5 Å². The smallest absolute Gasteiger partial charge is 0.120 e. The van der Waals surface area contributed by atoms with Gasteiger partial charge < -0.3 is 10.3 Å². The Morgan fingerprint density at radius 1 is 1.65 bits per heavy atom. The number of hydrogen-bond acceptors (Lipinski definition) is 3. The summed E-state index contributed by atoms with van der Waals surface area (Å²) in [6.07, 6.45) is 6.41. The molecule has 4 heteroatoms. The van der Waals surface area contributed by atoms with Crippen molar-refractivity contribution in [2.45, 2.75) is 39.3 Å². The topological polar surface area (TPSA) is 44.0 Å². The molecule has 0 aromatic carbocycles. The summed E-state index contributed by atoms with van der Waals surface area (Å²) in [5.41, 5.74) is 0. The maximum atomic E-state index is 4.21. The number of likely N-dealkylation sites (tertiary alicyclic amines) is 1. The van der Waals surface area contributed by atoms with Crippen LogP contribution >= 0.6 is 0 Å². The van der Waals surface area contributed by atoms with Gasteiger partial charge in [-0.15, -0.1) is 0 Å². The van der Waals surface area contributed by atoms with Crippen LogP contribution in [0, 0.1) is 5.92 Å². The molecule has 0 amide bonds. The second kappa shape index (κ2) is 6.17. The maximum absolute atomic E-state index is 4.21. The van der Waals surface area contributed by atoms with Crippen LogP contribution in [0.2, 0.25) is 0 Å². The van der Waals surface area contributed by atoms with Crippen LogP contribution in [0.15, 0.2) is 12.4 Å². The lowest BCUT2D eigenvalue weighted by Crippen LogP contribution is -2.45. The highest BCUT2D eigenvalue weighted by Gasteiger charge is 2.20. The zero-order chi connectivity index (χ0) is 12.1. The summed E-state index contributed by atoms with van der Waals surface area (Å²) in [7, 11) is 0. The Labute approximate surface area is 104 Å². The van der Waals surface area contributed by atoms with Crippen LogP contribution in [0.1, 0.15) is 32.5 Å². The zero-order valence-corrected chi connectivity index (χ0v) is 10.9. The van der Waals surface area contributed by atoms with E-state index in [2.05, 4.69) is 34.0 Å². The number of nitrogens with zero attached hydrogens (tertiary/aromatic N) is 2. The number of hydrogen-bond donors (Lipinski definition) is 2. The van der Waals surface area contributed by atoms with Crippen molar-refractivity contribution in [3.63, 3.8) is 0 Å². The van der Waals surface area contributed by atoms with Crippen LogP contribution in [-0.2, 0) is 6.54 Å². The number of H-pyrrole nitrogens is 1. The van der Waals surface area contributed by atoms with Crippen LogP contribution in [0.5, 0.6) is 0 Å². The lowest BCUT2D eigenvalue weighted by Gasteiger charge is -2.35. The lowest BCUT2D eigenvalue weighted by molar-refractivity contribution is 0.136. The third-order valence-electron chi connectivity index (χ3n) is 3.60. The summed E-state index contributed by atoms with van der Waals surface area (Å²) in [5.74, 6) is 1.88. The quantitative estimate of drug-likeness (QED) is 0.816. The van der Waals surface area contributed by atoms with Crippen molar-refractivity contribution in [2.75, 3.05) is 19.6 Å². The molecule has 0 saturated carbocycles. The van der Waals surface area contributed by atoms with E-state index in [0.29, 0.717) is 6.04 Å². The first-order chi connectivity index (χ1) is 8.25. The first-order valence-electron chi connectivity index (χ1n) is 6.68. The predicted molar refractivity (Wildman–Crippen MR) is 69.7 cm³/mol. The fraction of sp³-hybridized carbons (Fsp3) is 0.769. The first-order valence-corrected chi connectivity index (χ1v) is 6.68. The van der Waals surface area contributed by atoms with Crippen molar-refractivity contribution >= 4 is 0 Å². The minimum absolute atomic E-state index is 0.618. The molecule has 1 aromatic heterocycles. The molecule has 1 fully saturated rings. The molecule has 0 spiro atoms. The normalized spacial score (nSPS) is 23.8. The average Bonchev–Trinajstić information content (AvgIpc) is 2.82. The molecule has 2 atom stereocenters. The lowest BCUT2D eigenvalue weighted by atomic mass is 9.99. The Hall–Kier alpha value is -0.870. The maximum Gasteiger partial charge on any atom is 0.120 e. The van der Waals surface area contributed by atoms with E-state index in [4.69, 9.17) is 0 Å². The Morgan fingerprint density at radius 2 is 2.53 bits per heavy atom. The number of rotatable bonds is 5. The molecule has 4 nitrogen and oxygen atoms in total. The fourth-order valence-electron chi connectivity index (χ4n) is 2.55. The number of imidazole rings is 1. The second-order valence-electron chi connectivity index (χ2n) is 5.26. The highest BCUT2D eigenvalue weighted by atomic mass is 15.2.